The van der Waals surface area contributed by atoms with E-state index in [0.29, 0.717) is 11.6 Å². The third-order valence-electron chi connectivity index (χ3n) is 2.84. The SMILES string of the molecule is Cc1cccc(Cl)c1NCc1ccc(OC(F)F)cc1. The molecule has 20 heavy (non-hydrogen) atoms. The van der Waals surface area contributed by atoms with E-state index in [4.69, 9.17) is 11.6 Å². The van der Waals surface area contributed by atoms with Crippen molar-refractivity contribution in [2.45, 2.75) is 20.1 Å². The van der Waals surface area contributed by atoms with Crippen molar-refractivity contribution in [2.75, 3.05) is 5.32 Å². The van der Waals surface area contributed by atoms with Crippen LogP contribution in [0.1, 0.15) is 11.1 Å². The fourth-order valence-corrected chi connectivity index (χ4v) is 2.12. The molecule has 2 aromatic carbocycles. The summed E-state index contributed by atoms with van der Waals surface area (Å²) in [5.41, 5.74) is 2.88. The normalized spacial score (nSPS) is 10.7. The van der Waals surface area contributed by atoms with E-state index in [1.165, 1.54) is 12.1 Å². The second-order valence-corrected chi connectivity index (χ2v) is 4.71. The lowest BCUT2D eigenvalue weighted by atomic mass is 10.1. The van der Waals surface area contributed by atoms with Crippen molar-refractivity contribution < 1.29 is 13.5 Å². The van der Waals surface area contributed by atoms with Gasteiger partial charge in [-0.1, -0.05) is 35.9 Å². The molecular weight excluding hydrogens is 284 g/mol. The van der Waals surface area contributed by atoms with Crippen LogP contribution >= 0.6 is 11.6 Å². The molecule has 0 spiro atoms. The molecule has 2 rings (SSSR count). The number of benzene rings is 2. The van der Waals surface area contributed by atoms with Crippen LogP contribution in [0.3, 0.4) is 0 Å². The number of hydrogen-bond donors (Lipinski definition) is 1. The zero-order valence-electron chi connectivity index (χ0n) is 10.9. The molecule has 5 heteroatoms. The molecule has 0 aromatic heterocycles. The summed E-state index contributed by atoms with van der Waals surface area (Å²) in [4.78, 5) is 0. The van der Waals surface area contributed by atoms with E-state index in [1.807, 2.05) is 25.1 Å². The summed E-state index contributed by atoms with van der Waals surface area (Å²) < 4.78 is 28.4. The van der Waals surface area contributed by atoms with Crippen molar-refractivity contribution in [3.05, 3.63) is 58.6 Å². The average molecular weight is 298 g/mol. The van der Waals surface area contributed by atoms with Gasteiger partial charge < -0.3 is 10.1 Å². The first-order chi connectivity index (χ1) is 9.56. The molecule has 0 radical (unpaired) electrons. The highest BCUT2D eigenvalue weighted by molar-refractivity contribution is 6.33. The molecule has 0 fully saturated rings. The van der Waals surface area contributed by atoms with Crippen LogP contribution in [0.15, 0.2) is 42.5 Å². The lowest BCUT2D eigenvalue weighted by molar-refractivity contribution is -0.0498. The second-order valence-electron chi connectivity index (χ2n) is 4.31. The summed E-state index contributed by atoms with van der Waals surface area (Å²) in [5, 5.41) is 3.89. The van der Waals surface area contributed by atoms with Crippen LogP contribution in [0.5, 0.6) is 5.75 Å². The number of halogens is 3. The Hall–Kier alpha value is -1.81. The van der Waals surface area contributed by atoms with E-state index in [2.05, 4.69) is 10.1 Å². The summed E-state index contributed by atoms with van der Waals surface area (Å²) in [6.45, 7) is -0.280. The summed E-state index contributed by atoms with van der Waals surface area (Å²) in [7, 11) is 0. The third-order valence-corrected chi connectivity index (χ3v) is 3.15. The van der Waals surface area contributed by atoms with E-state index >= 15 is 0 Å². The molecule has 0 aliphatic heterocycles. The lowest BCUT2D eigenvalue weighted by Gasteiger charge is -2.12. The Labute approximate surface area is 121 Å². The molecule has 0 unspecified atom stereocenters. The van der Waals surface area contributed by atoms with Gasteiger partial charge in [0.15, 0.2) is 0 Å². The van der Waals surface area contributed by atoms with Crippen LogP contribution in [0.2, 0.25) is 5.02 Å². The summed E-state index contributed by atoms with van der Waals surface area (Å²) in [6.07, 6.45) is 0. The van der Waals surface area contributed by atoms with Crippen LogP contribution < -0.4 is 10.1 Å². The number of alkyl halides is 2. The number of hydrogen-bond acceptors (Lipinski definition) is 2. The first-order valence-electron chi connectivity index (χ1n) is 6.09. The number of para-hydroxylation sites is 1. The first-order valence-corrected chi connectivity index (χ1v) is 6.47. The minimum absolute atomic E-state index is 0.151. The molecule has 2 nitrogen and oxygen atoms in total. The van der Waals surface area contributed by atoms with Crippen LogP contribution in [0.4, 0.5) is 14.5 Å². The van der Waals surface area contributed by atoms with Crippen LogP contribution in [-0.4, -0.2) is 6.61 Å². The van der Waals surface area contributed by atoms with Crippen LogP contribution in [0, 0.1) is 6.92 Å². The van der Waals surface area contributed by atoms with Gasteiger partial charge in [-0.05, 0) is 36.2 Å². The maximum atomic E-state index is 12.0. The van der Waals surface area contributed by atoms with Gasteiger partial charge in [0.1, 0.15) is 5.75 Å². The average Bonchev–Trinajstić information content (AvgIpc) is 2.39. The Kier molecular flexibility index (Phi) is 4.79. The van der Waals surface area contributed by atoms with Crippen molar-refractivity contribution in [2.24, 2.45) is 0 Å². The van der Waals surface area contributed by atoms with Gasteiger partial charge in [0.2, 0.25) is 0 Å². The molecule has 0 saturated heterocycles. The molecule has 1 N–H and O–H groups in total. The second kappa shape index (κ2) is 6.57. The smallest absolute Gasteiger partial charge is 0.387 e. The fraction of sp³-hybridized carbons (Fsp3) is 0.200. The summed E-state index contributed by atoms with van der Waals surface area (Å²) in [5.74, 6) is 0.151. The maximum absolute atomic E-state index is 12.0. The van der Waals surface area contributed by atoms with E-state index < -0.39 is 6.61 Å². The molecule has 0 aliphatic rings. The molecule has 0 heterocycles. The van der Waals surface area contributed by atoms with Gasteiger partial charge in [0.25, 0.3) is 0 Å². The molecule has 0 aliphatic carbocycles. The Morgan fingerprint density at radius 2 is 1.85 bits per heavy atom. The van der Waals surface area contributed by atoms with Crippen molar-refractivity contribution in [1.82, 2.24) is 0 Å². The Morgan fingerprint density at radius 3 is 2.45 bits per heavy atom. The molecular formula is C15H14ClF2NO. The monoisotopic (exact) mass is 297 g/mol. The van der Waals surface area contributed by atoms with Crippen molar-refractivity contribution in [1.29, 1.82) is 0 Å². The van der Waals surface area contributed by atoms with E-state index in [9.17, 15) is 8.78 Å². The van der Waals surface area contributed by atoms with Gasteiger partial charge in [-0.2, -0.15) is 8.78 Å². The number of nitrogens with one attached hydrogen (secondary N) is 1. The molecule has 106 valence electrons. The Morgan fingerprint density at radius 1 is 1.15 bits per heavy atom. The van der Waals surface area contributed by atoms with Crippen molar-refractivity contribution >= 4 is 17.3 Å². The molecule has 0 bridgehead atoms. The third kappa shape index (κ3) is 3.84. The van der Waals surface area contributed by atoms with Gasteiger partial charge >= 0.3 is 6.61 Å². The standard InChI is InChI=1S/C15H14ClF2NO/c1-10-3-2-4-13(16)14(10)19-9-11-5-7-12(8-6-11)20-15(17)18/h2-8,15,19H,9H2,1H3. The van der Waals surface area contributed by atoms with Crippen molar-refractivity contribution in [3.63, 3.8) is 0 Å². The topological polar surface area (TPSA) is 21.3 Å². The lowest BCUT2D eigenvalue weighted by Crippen LogP contribution is -2.03. The summed E-state index contributed by atoms with van der Waals surface area (Å²) >= 11 is 6.11. The number of anilines is 1. The van der Waals surface area contributed by atoms with Crippen LogP contribution in [0.25, 0.3) is 0 Å². The predicted octanol–water partition coefficient (Wildman–Crippen LogP) is 4.86. The van der Waals surface area contributed by atoms with Gasteiger partial charge in [0, 0.05) is 6.54 Å². The Balaban J connectivity index is 2.00. The van der Waals surface area contributed by atoms with Crippen molar-refractivity contribution in [3.8, 4) is 5.75 Å². The number of rotatable bonds is 5. The zero-order valence-corrected chi connectivity index (χ0v) is 11.6. The molecule has 2 aromatic rings. The Bertz CT molecular complexity index is 552. The van der Waals surface area contributed by atoms with Gasteiger partial charge in [-0.3, -0.25) is 0 Å². The van der Waals surface area contributed by atoms with Crippen LogP contribution in [-0.2, 0) is 6.54 Å². The van der Waals surface area contributed by atoms with Gasteiger partial charge in [-0.15, -0.1) is 0 Å². The highest BCUT2D eigenvalue weighted by Crippen LogP contribution is 2.26. The molecule has 0 amide bonds. The highest BCUT2D eigenvalue weighted by atomic mass is 35.5. The molecule has 0 saturated carbocycles. The number of aryl methyl sites for hydroxylation is 1. The maximum Gasteiger partial charge on any atom is 0.387 e. The highest BCUT2D eigenvalue weighted by Gasteiger charge is 2.05. The largest absolute Gasteiger partial charge is 0.435 e. The minimum atomic E-state index is -2.80. The van der Waals surface area contributed by atoms with Gasteiger partial charge in [-0.25, -0.2) is 0 Å². The van der Waals surface area contributed by atoms with Gasteiger partial charge in [0.05, 0.1) is 10.7 Å². The van der Waals surface area contributed by atoms with E-state index in [-0.39, 0.29) is 5.75 Å². The number of ether oxygens (including phenoxy) is 1. The predicted molar refractivity (Wildman–Crippen MR) is 76.6 cm³/mol. The minimum Gasteiger partial charge on any atom is -0.435 e. The van der Waals surface area contributed by atoms with E-state index in [1.54, 1.807) is 12.1 Å². The van der Waals surface area contributed by atoms with E-state index in [0.717, 1.165) is 16.8 Å². The quantitative estimate of drug-likeness (QED) is 0.851. The molecule has 0 atom stereocenters. The first kappa shape index (κ1) is 14.6. The summed E-state index contributed by atoms with van der Waals surface area (Å²) in [6, 6.07) is 12.2. The fourth-order valence-electron chi connectivity index (χ4n) is 1.84. The zero-order chi connectivity index (χ0) is 14.5.